The van der Waals surface area contributed by atoms with Gasteiger partial charge in [0.15, 0.2) is 0 Å². The van der Waals surface area contributed by atoms with Gasteiger partial charge in [-0.3, -0.25) is 4.79 Å². The van der Waals surface area contributed by atoms with Crippen LogP contribution in [0.25, 0.3) is 0 Å². The normalized spacial score (nSPS) is 16.6. The minimum atomic E-state index is -3.71. The van der Waals surface area contributed by atoms with Gasteiger partial charge in [0.2, 0.25) is 15.8 Å². The topological polar surface area (TPSA) is 63.8 Å². The molecule has 146 valence electrons. The molecule has 3 rings (SSSR count). The number of ketones is 1. The molecule has 8 heteroatoms. The van der Waals surface area contributed by atoms with Crippen LogP contribution in [0.1, 0.15) is 21.7 Å². The van der Waals surface area contributed by atoms with E-state index in [0.29, 0.717) is 32.7 Å². The highest BCUT2D eigenvalue weighted by Crippen LogP contribution is 2.17. The summed E-state index contributed by atoms with van der Waals surface area (Å²) in [5, 5.41) is 0. The van der Waals surface area contributed by atoms with Gasteiger partial charge in [-0.15, -0.1) is 0 Å². The van der Waals surface area contributed by atoms with Crippen LogP contribution < -0.4 is 4.90 Å². The second-order valence-corrected chi connectivity index (χ2v) is 8.99. The third-order valence-electron chi connectivity index (χ3n) is 5.35. The summed E-state index contributed by atoms with van der Waals surface area (Å²) in [7, 11) is -1.77. The molecule has 1 aromatic heterocycles. The van der Waals surface area contributed by atoms with Gasteiger partial charge in [0.25, 0.3) is 0 Å². The summed E-state index contributed by atoms with van der Waals surface area (Å²) in [6.07, 6.45) is 0. The Morgan fingerprint density at radius 3 is 2.41 bits per heavy atom. The minimum Gasteiger partial charge on any atom is -0.351 e. The van der Waals surface area contributed by atoms with E-state index < -0.39 is 15.8 Å². The fourth-order valence-electron chi connectivity index (χ4n) is 3.46. The molecule has 0 radical (unpaired) electrons. The molecule has 0 atom stereocenters. The predicted octanol–water partition coefficient (Wildman–Crippen LogP) is 0.553. The van der Waals surface area contributed by atoms with Gasteiger partial charge in [0, 0.05) is 24.0 Å². The van der Waals surface area contributed by atoms with Crippen molar-refractivity contribution in [3.8, 4) is 0 Å². The molecule has 1 aromatic carbocycles. The van der Waals surface area contributed by atoms with E-state index in [0.717, 1.165) is 27.9 Å². The molecule has 0 bridgehead atoms. The Morgan fingerprint density at radius 2 is 1.85 bits per heavy atom. The zero-order chi connectivity index (χ0) is 19.8. The maximum atomic E-state index is 13.4. The quantitative estimate of drug-likeness (QED) is 0.754. The number of carbonyl (C=O) groups is 1. The SMILES string of the molecule is Cc1cc(C(=O)C[NH+]2CCN(S(=O)(=O)c3cccc(F)c3)CC2)c(C)n1C. The van der Waals surface area contributed by atoms with Gasteiger partial charge in [-0.1, -0.05) is 6.07 Å². The van der Waals surface area contributed by atoms with Crippen molar-refractivity contribution in [2.45, 2.75) is 18.7 Å². The van der Waals surface area contributed by atoms with Crippen molar-refractivity contribution in [3.05, 3.63) is 53.1 Å². The maximum Gasteiger partial charge on any atom is 0.243 e. The number of hydrogen-bond acceptors (Lipinski definition) is 3. The number of aromatic nitrogens is 1. The van der Waals surface area contributed by atoms with E-state index in [4.69, 9.17) is 0 Å². The number of halogens is 1. The van der Waals surface area contributed by atoms with Crippen molar-refractivity contribution in [2.75, 3.05) is 32.7 Å². The zero-order valence-electron chi connectivity index (χ0n) is 15.8. The van der Waals surface area contributed by atoms with Crippen molar-refractivity contribution in [1.29, 1.82) is 0 Å². The number of aryl methyl sites for hydroxylation is 1. The second kappa shape index (κ2) is 7.53. The van der Waals surface area contributed by atoms with Gasteiger partial charge in [-0.25, -0.2) is 12.8 Å². The number of benzene rings is 1. The number of sulfonamides is 1. The molecule has 6 nitrogen and oxygen atoms in total. The molecule has 1 saturated heterocycles. The van der Waals surface area contributed by atoms with Crippen molar-refractivity contribution in [2.24, 2.45) is 7.05 Å². The van der Waals surface area contributed by atoms with Crippen LogP contribution in [-0.2, 0) is 17.1 Å². The van der Waals surface area contributed by atoms with Crippen LogP contribution >= 0.6 is 0 Å². The molecule has 0 aliphatic carbocycles. The molecule has 1 aliphatic heterocycles. The molecule has 0 saturated carbocycles. The first kappa shape index (κ1) is 19.7. The van der Waals surface area contributed by atoms with E-state index in [2.05, 4.69) is 0 Å². The van der Waals surface area contributed by atoms with Gasteiger partial charge in [-0.2, -0.15) is 4.31 Å². The van der Waals surface area contributed by atoms with Crippen LogP contribution in [-0.4, -0.2) is 55.8 Å². The number of piperazine rings is 1. The number of rotatable bonds is 5. The lowest BCUT2D eigenvalue weighted by molar-refractivity contribution is -0.895. The lowest BCUT2D eigenvalue weighted by Crippen LogP contribution is -3.15. The summed E-state index contributed by atoms with van der Waals surface area (Å²) >= 11 is 0. The maximum absolute atomic E-state index is 13.4. The summed E-state index contributed by atoms with van der Waals surface area (Å²) in [5.41, 5.74) is 2.72. The number of nitrogens with one attached hydrogen (secondary N) is 1. The van der Waals surface area contributed by atoms with Gasteiger partial charge in [-0.05, 0) is 38.1 Å². The molecule has 0 amide bonds. The number of carbonyl (C=O) groups excluding carboxylic acids is 1. The Morgan fingerprint density at radius 1 is 1.19 bits per heavy atom. The van der Waals surface area contributed by atoms with E-state index in [-0.39, 0.29) is 10.7 Å². The standard InChI is InChI=1S/C19H24FN3O3S/c1-14-11-18(15(2)21(14)3)19(24)13-22-7-9-23(10-8-22)27(25,26)17-6-4-5-16(20)12-17/h4-6,11-12H,7-10,13H2,1-3H3/p+1. The van der Waals surface area contributed by atoms with Gasteiger partial charge in [0.1, 0.15) is 12.4 Å². The monoisotopic (exact) mass is 394 g/mol. The van der Waals surface area contributed by atoms with Gasteiger partial charge >= 0.3 is 0 Å². The number of nitrogens with zero attached hydrogens (tertiary/aromatic N) is 2. The Labute approximate surface area is 159 Å². The van der Waals surface area contributed by atoms with E-state index in [9.17, 15) is 17.6 Å². The third-order valence-corrected chi connectivity index (χ3v) is 7.24. The van der Waals surface area contributed by atoms with E-state index in [1.54, 1.807) is 0 Å². The van der Waals surface area contributed by atoms with Crippen molar-refractivity contribution >= 4 is 15.8 Å². The second-order valence-electron chi connectivity index (χ2n) is 7.06. The Bertz CT molecular complexity index is 961. The van der Waals surface area contributed by atoms with E-state index >= 15 is 0 Å². The molecule has 0 spiro atoms. The average Bonchev–Trinajstić information content (AvgIpc) is 2.90. The summed E-state index contributed by atoms with van der Waals surface area (Å²) in [6, 6.07) is 6.97. The molecule has 2 aromatic rings. The van der Waals surface area contributed by atoms with Crippen molar-refractivity contribution in [1.82, 2.24) is 8.87 Å². The van der Waals surface area contributed by atoms with Crippen LogP contribution in [0.4, 0.5) is 4.39 Å². The fraction of sp³-hybridized carbons (Fsp3) is 0.421. The van der Waals surface area contributed by atoms with Crippen LogP contribution in [0.15, 0.2) is 35.2 Å². The Kier molecular flexibility index (Phi) is 5.50. The largest absolute Gasteiger partial charge is 0.351 e. The van der Waals surface area contributed by atoms with Crippen LogP contribution in [0.5, 0.6) is 0 Å². The van der Waals surface area contributed by atoms with Crippen LogP contribution in [0.2, 0.25) is 0 Å². The Hall–Kier alpha value is -2.03. The zero-order valence-corrected chi connectivity index (χ0v) is 16.6. The molecular formula is C19H25FN3O3S+. The minimum absolute atomic E-state index is 0.0302. The van der Waals surface area contributed by atoms with Crippen LogP contribution in [0.3, 0.4) is 0 Å². The first-order valence-corrected chi connectivity index (χ1v) is 10.4. The molecule has 1 aliphatic rings. The summed E-state index contributed by atoms with van der Waals surface area (Å²) < 4.78 is 42.0. The molecule has 27 heavy (non-hydrogen) atoms. The molecule has 2 heterocycles. The number of hydrogen-bond donors (Lipinski definition) is 1. The summed E-state index contributed by atoms with van der Waals surface area (Å²) in [4.78, 5) is 13.7. The van der Waals surface area contributed by atoms with Crippen LogP contribution in [0, 0.1) is 19.7 Å². The number of quaternary nitrogens is 1. The predicted molar refractivity (Wildman–Crippen MR) is 99.9 cm³/mol. The molecule has 1 N–H and O–H groups in total. The lowest BCUT2D eigenvalue weighted by Gasteiger charge is -2.31. The first-order chi connectivity index (χ1) is 12.7. The highest BCUT2D eigenvalue weighted by molar-refractivity contribution is 7.89. The highest BCUT2D eigenvalue weighted by Gasteiger charge is 2.31. The fourth-order valence-corrected chi connectivity index (χ4v) is 4.93. The van der Waals surface area contributed by atoms with Gasteiger partial charge in [0.05, 0.1) is 31.1 Å². The number of Topliss-reactive ketones (excluding diaryl/α,β-unsaturated/α-hetero) is 1. The van der Waals surface area contributed by atoms with E-state index in [1.165, 1.54) is 22.5 Å². The Balaban J connectivity index is 1.63. The summed E-state index contributed by atoms with van der Waals surface area (Å²) in [5.74, 6) is -0.493. The van der Waals surface area contributed by atoms with Gasteiger partial charge < -0.3 is 9.47 Å². The van der Waals surface area contributed by atoms with Crippen molar-refractivity contribution in [3.63, 3.8) is 0 Å². The average molecular weight is 394 g/mol. The molecular weight excluding hydrogens is 369 g/mol. The summed E-state index contributed by atoms with van der Waals surface area (Å²) in [6.45, 7) is 5.96. The van der Waals surface area contributed by atoms with Crippen molar-refractivity contribution < 1.29 is 22.5 Å². The first-order valence-electron chi connectivity index (χ1n) is 8.95. The van der Waals surface area contributed by atoms with E-state index in [1.807, 2.05) is 31.5 Å². The highest BCUT2D eigenvalue weighted by atomic mass is 32.2. The third kappa shape index (κ3) is 3.97. The smallest absolute Gasteiger partial charge is 0.243 e. The lowest BCUT2D eigenvalue weighted by atomic mass is 10.1. The molecule has 1 fully saturated rings. The molecule has 0 unspecified atom stereocenters.